The number of aromatic carboxylic acids is 1. The second kappa shape index (κ2) is 17.1. The van der Waals surface area contributed by atoms with Gasteiger partial charge >= 0.3 is 18.0 Å². The third-order valence-corrected chi connectivity index (χ3v) is 9.46. The third kappa shape index (κ3) is 9.27. The Morgan fingerprint density at radius 3 is 2.27 bits per heavy atom. The molecular formula is C38H40N2O8S. The van der Waals surface area contributed by atoms with Crippen LogP contribution in [-0.4, -0.2) is 53.2 Å². The van der Waals surface area contributed by atoms with Crippen molar-refractivity contribution in [3.05, 3.63) is 125 Å². The topological polar surface area (TPSA) is 143 Å². The summed E-state index contributed by atoms with van der Waals surface area (Å²) in [6.45, 7) is 4.01. The van der Waals surface area contributed by atoms with Crippen molar-refractivity contribution >= 4 is 29.7 Å². The van der Waals surface area contributed by atoms with Crippen LogP contribution in [0.1, 0.15) is 58.9 Å². The molecule has 0 aromatic heterocycles. The zero-order valence-electron chi connectivity index (χ0n) is 27.3. The first-order valence-corrected chi connectivity index (χ1v) is 17.1. The Labute approximate surface area is 289 Å². The fourth-order valence-electron chi connectivity index (χ4n) is 5.63. The number of carbonyl (C=O) groups excluding carboxylic acids is 2. The number of esters is 1. The summed E-state index contributed by atoms with van der Waals surface area (Å²) in [7, 11) is 0. The van der Waals surface area contributed by atoms with Crippen LogP contribution >= 0.6 is 11.8 Å². The lowest BCUT2D eigenvalue weighted by molar-refractivity contribution is -0.268. The second-order valence-corrected chi connectivity index (χ2v) is 12.6. The molecular weight excluding hydrogens is 644 g/mol. The summed E-state index contributed by atoms with van der Waals surface area (Å²) < 4.78 is 18.0. The van der Waals surface area contributed by atoms with Crippen LogP contribution in [0.25, 0.3) is 11.1 Å². The van der Waals surface area contributed by atoms with Gasteiger partial charge in [-0.15, -0.1) is 11.8 Å². The van der Waals surface area contributed by atoms with Crippen molar-refractivity contribution in [2.45, 2.75) is 50.4 Å². The van der Waals surface area contributed by atoms with Crippen molar-refractivity contribution in [3.63, 3.8) is 0 Å². The molecule has 4 aromatic carbocycles. The van der Waals surface area contributed by atoms with Gasteiger partial charge in [0.05, 0.1) is 31.0 Å². The van der Waals surface area contributed by atoms with Crippen LogP contribution in [0.4, 0.5) is 4.79 Å². The van der Waals surface area contributed by atoms with Gasteiger partial charge in [-0.1, -0.05) is 91.9 Å². The van der Waals surface area contributed by atoms with E-state index in [9.17, 15) is 24.6 Å². The SMILES string of the molecule is CCOC(=O)CNC(=O)NCc1ccccc1-c1ccc([C@@H]2O[C@H](CSc3ccccc3C(=O)O)[C@H](C)[C@H](c3ccc(CO)cc3)O2)cc1. The fourth-order valence-corrected chi connectivity index (χ4v) is 6.84. The van der Waals surface area contributed by atoms with Crippen LogP contribution in [0.2, 0.25) is 0 Å². The number of aliphatic hydroxyl groups is 1. The number of thioether (sulfide) groups is 1. The number of rotatable bonds is 13. The first-order valence-electron chi connectivity index (χ1n) is 16.1. The van der Waals surface area contributed by atoms with Gasteiger partial charge in [-0.2, -0.15) is 0 Å². The number of hydrogen-bond acceptors (Lipinski definition) is 8. The van der Waals surface area contributed by atoms with E-state index in [0.29, 0.717) is 10.6 Å². The molecule has 5 rings (SSSR count). The number of ether oxygens (including phenoxy) is 3. The summed E-state index contributed by atoms with van der Waals surface area (Å²) in [4.78, 5) is 36.3. The largest absolute Gasteiger partial charge is 0.478 e. The quantitative estimate of drug-likeness (QED) is 0.0918. The first-order chi connectivity index (χ1) is 23.8. The van der Waals surface area contributed by atoms with E-state index in [4.69, 9.17) is 14.2 Å². The second-order valence-electron chi connectivity index (χ2n) is 11.6. The van der Waals surface area contributed by atoms with Gasteiger partial charge in [-0.05, 0) is 46.9 Å². The number of carboxylic acid groups (broad SMARTS) is 1. The first kappa shape index (κ1) is 35.6. The molecule has 0 radical (unpaired) electrons. The highest BCUT2D eigenvalue weighted by Gasteiger charge is 2.38. The minimum Gasteiger partial charge on any atom is -0.478 e. The number of aliphatic hydroxyl groups excluding tert-OH is 1. The van der Waals surface area contributed by atoms with Crippen molar-refractivity contribution in [1.82, 2.24) is 10.6 Å². The average molecular weight is 685 g/mol. The molecule has 1 aliphatic heterocycles. The summed E-state index contributed by atoms with van der Waals surface area (Å²) >= 11 is 1.45. The Morgan fingerprint density at radius 1 is 0.857 bits per heavy atom. The van der Waals surface area contributed by atoms with Gasteiger partial charge in [0.15, 0.2) is 6.29 Å². The smallest absolute Gasteiger partial charge is 0.336 e. The molecule has 1 aliphatic rings. The number of amides is 2. The Hall–Kier alpha value is -4.68. The summed E-state index contributed by atoms with van der Waals surface area (Å²) in [6.07, 6.45) is -1.27. The molecule has 11 heteroatoms. The maximum atomic E-state index is 12.3. The lowest BCUT2D eigenvalue weighted by Gasteiger charge is -2.41. The van der Waals surface area contributed by atoms with E-state index in [0.717, 1.165) is 33.4 Å². The van der Waals surface area contributed by atoms with Crippen molar-refractivity contribution in [3.8, 4) is 11.1 Å². The van der Waals surface area contributed by atoms with Crippen molar-refractivity contribution in [2.24, 2.45) is 5.92 Å². The van der Waals surface area contributed by atoms with Gasteiger partial charge in [0, 0.05) is 28.7 Å². The monoisotopic (exact) mass is 684 g/mol. The van der Waals surface area contributed by atoms with Gasteiger partial charge in [0.1, 0.15) is 6.54 Å². The molecule has 0 bridgehead atoms. The number of carboxylic acids is 1. The van der Waals surface area contributed by atoms with Crippen molar-refractivity contribution < 1.29 is 38.8 Å². The van der Waals surface area contributed by atoms with Gasteiger partial charge in [0.25, 0.3) is 0 Å². The number of hydrogen-bond donors (Lipinski definition) is 4. The zero-order chi connectivity index (χ0) is 34.8. The molecule has 0 spiro atoms. The molecule has 2 amide bonds. The van der Waals surface area contributed by atoms with Crippen LogP contribution in [-0.2, 0) is 32.2 Å². The predicted octanol–water partition coefficient (Wildman–Crippen LogP) is 6.49. The molecule has 4 aromatic rings. The molecule has 4 atom stereocenters. The lowest BCUT2D eigenvalue weighted by atomic mass is 9.91. The molecule has 4 N–H and O–H groups in total. The molecule has 0 saturated carbocycles. The number of carbonyl (C=O) groups is 3. The maximum absolute atomic E-state index is 12.3. The molecule has 0 aliphatic carbocycles. The Morgan fingerprint density at radius 2 is 1.55 bits per heavy atom. The predicted molar refractivity (Wildman–Crippen MR) is 186 cm³/mol. The van der Waals surface area contributed by atoms with Crippen molar-refractivity contribution in [2.75, 3.05) is 18.9 Å². The summed E-state index contributed by atoms with van der Waals surface area (Å²) in [5.41, 5.74) is 5.61. The highest BCUT2D eigenvalue weighted by molar-refractivity contribution is 7.99. The van der Waals surface area contributed by atoms with Crippen LogP contribution in [0.3, 0.4) is 0 Å². The van der Waals surface area contributed by atoms with E-state index in [-0.39, 0.29) is 50.0 Å². The summed E-state index contributed by atoms with van der Waals surface area (Å²) in [5.74, 6) is -1.02. The summed E-state index contributed by atoms with van der Waals surface area (Å²) in [6, 6.07) is 29.8. The fraction of sp³-hybridized carbons (Fsp3) is 0.289. The van der Waals surface area contributed by atoms with Gasteiger partial charge in [0.2, 0.25) is 0 Å². The standard InChI is InChI=1S/C38H40N2O8S/c1-3-46-34(42)21-40-38(45)39-20-29-8-4-5-9-30(29)26-16-18-28(19-17-26)37-47-32(23-49-33-11-7-6-10-31(33)36(43)44)24(2)35(48-37)27-14-12-25(22-41)13-15-27/h4-19,24,32,35,37,41H,3,20-23H2,1-2H3,(H,43,44)(H2,39,40,45)/t24-,32+,35+,37+/m0/s1. The molecule has 10 nitrogen and oxygen atoms in total. The molecule has 0 unspecified atom stereocenters. The molecule has 1 saturated heterocycles. The highest BCUT2D eigenvalue weighted by Crippen LogP contribution is 2.43. The highest BCUT2D eigenvalue weighted by atomic mass is 32.2. The van der Waals surface area contributed by atoms with Gasteiger partial charge < -0.3 is 35.1 Å². The average Bonchev–Trinajstić information content (AvgIpc) is 3.13. The van der Waals surface area contributed by atoms with E-state index >= 15 is 0 Å². The Kier molecular flexibility index (Phi) is 12.4. The lowest BCUT2D eigenvalue weighted by Crippen LogP contribution is -2.38. The maximum Gasteiger partial charge on any atom is 0.336 e. The number of urea groups is 1. The van der Waals surface area contributed by atoms with Gasteiger partial charge in [-0.25, -0.2) is 9.59 Å². The van der Waals surface area contributed by atoms with Crippen molar-refractivity contribution in [1.29, 1.82) is 0 Å². The van der Waals surface area contributed by atoms with Crippen LogP contribution in [0.5, 0.6) is 0 Å². The Bertz CT molecular complexity index is 1730. The van der Waals surface area contributed by atoms with E-state index in [1.165, 1.54) is 11.8 Å². The molecule has 256 valence electrons. The van der Waals surface area contributed by atoms with E-state index < -0.39 is 24.3 Å². The molecule has 49 heavy (non-hydrogen) atoms. The van der Waals surface area contributed by atoms with Crippen LogP contribution < -0.4 is 10.6 Å². The van der Waals surface area contributed by atoms with E-state index in [1.54, 1.807) is 19.1 Å². The summed E-state index contributed by atoms with van der Waals surface area (Å²) in [5, 5.41) is 24.6. The van der Waals surface area contributed by atoms with E-state index in [2.05, 4.69) is 17.6 Å². The van der Waals surface area contributed by atoms with Crippen LogP contribution in [0, 0.1) is 5.92 Å². The van der Waals surface area contributed by atoms with E-state index in [1.807, 2.05) is 84.9 Å². The zero-order valence-corrected chi connectivity index (χ0v) is 28.2. The van der Waals surface area contributed by atoms with Gasteiger partial charge in [-0.3, -0.25) is 4.79 Å². The third-order valence-electron chi connectivity index (χ3n) is 8.29. The minimum atomic E-state index is -0.974. The van der Waals surface area contributed by atoms with Crippen LogP contribution in [0.15, 0.2) is 102 Å². The Balaban J connectivity index is 1.33. The number of nitrogens with one attached hydrogen (secondary N) is 2. The molecule has 1 fully saturated rings. The molecule has 1 heterocycles. The minimum absolute atomic E-state index is 0.0520. The normalized spacial score (nSPS) is 18.8. The number of benzene rings is 4.